The number of rotatable bonds is 2. The maximum absolute atomic E-state index is 13.4. The topological polar surface area (TPSA) is 40.7 Å². The van der Waals surface area contributed by atoms with Crippen molar-refractivity contribution in [3.05, 3.63) is 40.1 Å². The number of imidazole rings is 1. The van der Waals surface area contributed by atoms with Crippen molar-refractivity contribution in [1.82, 2.24) is 9.97 Å². The van der Waals surface area contributed by atoms with Crippen LogP contribution in [0.5, 0.6) is 0 Å². The first-order valence-corrected chi connectivity index (χ1v) is 5.29. The van der Waals surface area contributed by atoms with Crippen LogP contribution in [0.1, 0.15) is 5.69 Å². The number of H-pyrrole nitrogens is 1. The van der Waals surface area contributed by atoms with Crippen LogP contribution in [0.4, 0.5) is 20.4 Å². The van der Waals surface area contributed by atoms with Gasteiger partial charge in [0.05, 0.1) is 5.69 Å². The Hall–Kier alpha value is -1.43. The van der Waals surface area contributed by atoms with Crippen LogP contribution < -0.4 is 5.32 Å². The average molecular weight is 288 g/mol. The highest BCUT2D eigenvalue weighted by atomic mass is 79.9. The third-order valence-corrected chi connectivity index (χ3v) is 2.58. The molecule has 1 aromatic carbocycles. The highest BCUT2D eigenvalue weighted by Gasteiger charge is 2.10. The van der Waals surface area contributed by atoms with Gasteiger partial charge in [0, 0.05) is 22.4 Å². The second-order valence-electron chi connectivity index (χ2n) is 3.28. The molecule has 0 unspecified atom stereocenters. The lowest BCUT2D eigenvalue weighted by Crippen LogP contribution is -1.97. The highest BCUT2D eigenvalue weighted by molar-refractivity contribution is 9.10. The fourth-order valence-electron chi connectivity index (χ4n) is 1.26. The monoisotopic (exact) mass is 287 g/mol. The Kier molecular flexibility index (Phi) is 2.91. The van der Waals surface area contributed by atoms with E-state index >= 15 is 0 Å². The first kappa shape index (κ1) is 11.1. The molecule has 84 valence electrons. The molecule has 0 fully saturated rings. The van der Waals surface area contributed by atoms with Crippen molar-refractivity contribution < 1.29 is 8.78 Å². The van der Waals surface area contributed by atoms with Crippen LogP contribution >= 0.6 is 15.9 Å². The Morgan fingerprint density at radius 1 is 1.38 bits per heavy atom. The van der Waals surface area contributed by atoms with Gasteiger partial charge in [-0.05, 0) is 28.9 Å². The van der Waals surface area contributed by atoms with Crippen LogP contribution in [0, 0.1) is 18.6 Å². The van der Waals surface area contributed by atoms with E-state index in [0.29, 0.717) is 10.4 Å². The van der Waals surface area contributed by atoms with E-state index in [2.05, 4.69) is 31.2 Å². The number of nitrogens with zero attached hydrogens (tertiary/aromatic N) is 1. The van der Waals surface area contributed by atoms with Gasteiger partial charge in [0.25, 0.3) is 0 Å². The van der Waals surface area contributed by atoms with Gasteiger partial charge in [-0.1, -0.05) is 0 Å². The highest BCUT2D eigenvalue weighted by Crippen LogP contribution is 2.28. The van der Waals surface area contributed by atoms with Crippen molar-refractivity contribution in [2.45, 2.75) is 6.92 Å². The van der Waals surface area contributed by atoms with E-state index in [-0.39, 0.29) is 5.69 Å². The largest absolute Gasteiger partial charge is 0.328 e. The minimum Gasteiger partial charge on any atom is -0.328 e. The number of nitrogens with one attached hydrogen (secondary N) is 2. The Bertz CT molecular complexity index is 502. The van der Waals surface area contributed by atoms with Gasteiger partial charge in [0.1, 0.15) is 5.82 Å². The number of hydrogen-bond donors (Lipinski definition) is 2. The summed E-state index contributed by atoms with van der Waals surface area (Å²) in [6, 6.07) is 1.99. The van der Waals surface area contributed by atoms with E-state index in [1.54, 1.807) is 6.20 Å². The van der Waals surface area contributed by atoms with Gasteiger partial charge in [0.2, 0.25) is 5.95 Å². The summed E-state index contributed by atoms with van der Waals surface area (Å²) in [6.07, 6.45) is 1.61. The first-order chi connectivity index (χ1) is 7.56. The van der Waals surface area contributed by atoms with E-state index in [1.165, 1.54) is 6.07 Å². The molecule has 0 bridgehead atoms. The number of hydrogen-bond acceptors (Lipinski definition) is 2. The summed E-state index contributed by atoms with van der Waals surface area (Å²) in [5, 5.41) is 2.73. The van der Waals surface area contributed by atoms with E-state index in [4.69, 9.17) is 0 Å². The van der Waals surface area contributed by atoms with Crippen LogP contribution in [-0.2, 0) is 0 Å². The van der Waals surface area contributed by atoms with Crippen molar-refractivity contribution in [1.29, 1.82) is 0 Å². The van der Waals surface area contributed by atoms with Gasteiger partial charge in [-0.25, -0.2) is 13.8 Å². The predicted molar refractivity (Wildman–Crippen MR) is 60.7 cm³/mol. The molecule has 0 aliphatic rings. The smallest absolute Gasteiger partial charge is 0.204 e. The molecule has 0 atom stereocenters. The molecule has 0 spiro atoms. The zero-order valence-corrected chi connectivity index (χ0v) is 9.90. The molecule has 0 radical (unpaired) electrons. The summed E-state index contributed by atoms with van der Waals surface area (Å²) in [6.45, 7) is 1.83. The van der Waals surface area contributed by atoms with Crippen molar-refractivity contribution in [3.63, 3.8) is 0 Å². The first-order valence-electron chi connectivity index (χ1n) is 4.49. The van der Waals surface area contributed by atoms with Gasteiger partial charge in [-0.2, -0.15) is 0 Å². The summed E-state index contributed by atoms with van der Waals surface area (Å²) >= 11 is 3.08. The van der Waals surface area contributed by atoms with Crippen molar-refractivity contribution in [2.75, 3.05) is 5.32 Å². The molecule has 3 nitrogen and oxygen atoms in total. The lowest BCUT2D eigenvalue weighted by Gasteiger charge is -2.07. The summed E-state index contributed by atoms with van der Waals surface area (Å²) in [5.74, 6) is -0.907. The Labute approximate surface area is 99.0 Å². The molecule has 1 heterocycles. The Morgan fingerprint density at radius 3 is 2.69 bits per heavy atom. The number of benzene rings is 1. The van der Waals surface area contributed by atoms with Crippen LogP contribution in [0.25, 0.3) is 0 Å². The fourth-order valence-corrected chi connectivity index (χ4v) is 1.76. The number of halogens is 3. The maximum Gasteiger partial charge on any atom is 0.204 e. The zero-order chi connectivity index (χ0) is 11.7. The quantitative estimate of drug-likeness (QED) is 0.888. The van der Waals surface area contributed by atoms with Crippen molar-refractivity contribution in [3.8, 4) is 0 Å². The molecule has 6 heteroatoms. The summed E-state index contributed by atoms with van der Waals surface area (Å²) in [5.41, 5.74) is 0.997. The fraction of sp³-hybridized carbons (Fsp3) is 0.100. The van der Waals surface area contributed by atoms with Gasteiger partial charge in [-0.15, -0.1) is 0 Å². The molecule has 2 aromatic rings. The van der Waals surface area contributed by atoms with Gasteiger partial charge < -0.3 is 10.3 Å². The predicted octanol–water partition coefficient (Wildman–Crippen LogP) is 3.50. The lowest BCUT2D eigenvalue weighted by molar-refractivity contribution is 0.584. The van der Waals surface area contributed by atoms with Crippen molar-refractivity contribution >= 4 is 27.6 Å². The van der Waals surface area contributed by atoms with Gasteiger partial charge in [0.15, 0.2) is 5.82 Å². The lowest BCUT2D eigenvalue weighted by atomic mass is 10.3. The third-order valence-electron chi connectivity index (χ3n) is 1.95. The summed E-state index contributed by atoms with van der Waals surface area (Å²) in [4.78, 5) is 6.86. The van der Waals surface area contributed by atoms with E-state index in [1.807, 2.05) is 6.92 Å². The normalized spacial score (nSPS) is 10.5. The Balaban J connectivity index is 2.34. The minimum atomic E-state index is -0.680. The van der Waals surface area contributed by atoms with Crippen LogP contribution in [0.3, 0.4) is 0 Å². The molecule has 0 saturated carbocycles. The van der Waals surface area contributed by atoms with E-state index < -0.39 is 11.6 Å². The molecular formula is C10H8BrF2N3. The maximum atomic E-state index is 13.4. The molecular weight excluding hydrogens is 280 g/mol. The summed E-state index contributed by atoms with van der Waals surface area (Å²) < 4.78 is 26.6. The molecule has 2 rings (SSSR count). The third kappa shape index (κ3) is 2.21. The van der Waals surface area contributed by atoms with E-state index in [9.17, 15) is 8.78 Å². The van der Waals surface area contributed by atoms with Crippen molar-refractivity contribution in [2.24, 2.45) is 0 Å². The second kappa shape index (κ2) is 4.21. The average Bonchev–Trinajstić information content (AvgIpc) is 2.58. The number of aryl methyl sites for hydroxylation is 1. The number of aromatic nitrogens is 2. The molecule has 0 amide bonds. The van der Waals surface area contributed by atoms with Gasteiger partial charge >= 0.3 is 0 Å². The number of aromatic amines is 1. The molecule has 1 aromatic heterocycles. The van der Waals surface area contributed by atoms with Crippen LogP contribution in [0.15, 0.2) is 22.8 Å². The molecule has 0 aliphatic heterocycles. The standard InChI is InChI=1S/C10H8BrF2N3/c1-5-4-14-10(15-5)16-9-7(11)2-6(12)3-8(9)13/h2-4H,1H3,(H2,14,15,16). The molecule has 2 N–H and O–H groups in total. The SMILES string of the molecule is Cc1cnc(Nc2c(F)cc(F)cc2Br)[nH]1. The van der Waals surface area contributed by atoms with E-state index in [0.717, 1.165) is 11.8 Å². The molecule has 0 saturated heterocycles. The zero-order valence-electron chi connectivity index (χ0n) is 8.31. The molecule has 0 aliphatic carbocycles. The second-order valence-corrected chi connectivity index (χ2v) is 4.14. The molecule has 16 heavy (non-hydrogen) atoms. The van der Waals surface area contributed by atoms with Crippen LogP contribution in [-0.4, -0.2) is 9.97 Å². The summed E-state index contributed by atoms with van der Waals surface area (Å²) in [7, 11) is 0. The Morgan fingerprint density at radius 2 is 2.12 bits per heavy atom. The van der Waals surface area contributed by atoms with Gasteiger partial charge in [-0.3, -0.25) is 0 Å². The van der Waals surface area contributed by atoms with Crippen LogP contribution in [0.2, 0.25) is 0 Å². The number of anilines is 2. The minimum absolute atomic E-state index is 0.149.